The van der Waals surface area contributed by atoms with E-state index in [1.807, 2.05) is 32.6 Å². The van der Waals surface area contributed by atoms with Gasteiger partial charge in [-0.2, -0.15) is 0 Å². The van der Waals surface area contributed by atoms with Gasteiger partial charge in [0.2, 0.25) is 5.91 Å². The lowest BCUT2D eigenvalue weighted by atomic mass is 9.73. The molecule has 1 fully saturated rings. The van der Waals surface area contributed by atoms with Gasteiger partial charge in [0.15, 0.2) is 0 Å². The van der Waals surface area contributed by atoms with Crippen molar-refractivity contribution in [1.29, 1.82) is 0 Å². The highest BCUT2D eigenvalue weighted by molar-refractivity contribution is 5.84. The van der Waals surface area contributed by atoms with E-state index < -0.39 is 16.9 Å². The molecular formula is C15H28N2O3. The molecule has 0 spiro atoms. The minimum atomic E-state index is -0.804. The fourth-order valence-electron chi connectivity index (χ4n) is 2.49. The summed E-state index contributed by atoms with van der Waals surface area (Å²) in [7, 11) is 0. The number of piperidine rings is 1. The third kappa shape index (κ3) is 3.72. The molecule has 0 aromatic rings. The monoisotopic (exact) mass is 284 g/mol. The van der Waals surface area contributed by atoms with Crippen LogP contribution in [0, 0.1) is 5.41 Å². The Morgan fingerprint density at radius 1 is 1.25 bits per heavy atom. The van der Waals surface area contributed by atoms with Gasteiger partial charge in [-0.25, -0.2) is 0 Å². The maximum absolute atomic E-state index is 12.8. The Kier molecular flexibility index (Phi) is 5.19. The van der Waals surface area contributed by atoms with Crippen LogP contribution in [0.2, 0.25) is 0 Å². The van der Waals surface area contributed by atoms with Gasteiger partial charge in [0.25, 0.3) is 0 Å². The van der Waals surface area contributed by atoms with E-state index >= 15 is 0 Å². The van der Waals surface area contributed by atoms with E-state index in [1.54, 1.807) is 0 Å². The Bertz CT molecular complexity index is 372. The lowest BCUT2D eigenvalue weighted by molar-refractivity contribution is -0.148. The minimum Gasteiger partial charge on any atom is -0.481 e. The topological polar surface area (TPSA) is 83.6 Å². The number of rotatable bonds is 5. The molecule has 0 saturated carbocycles. The van der Waals surface area contributed by atoms with E-state index in [-0.39, 0.29) is 18.4 Å². The molecule has 0 radical (unpaired) electrons. The molecule has 0 aromatic carbocycles. The smallest absolute Gasteiger partial charge is 0.303 e. The summed E-state index contributed by atoms with van der Waals surface area (Å²) in [6.45, 7) is 8.18. The van der Waals surface area contributed by atoms with Gasteiger partial charge in [-0.15, -0.1) is 0 Å². The van der Waals surface area contributed by atoms with E-state index in [0.717, 1.165) is 19.3 Å². The quantitative estimate of drug-likeness (QED) is 0.808. The zero-order valence-corrected chi connectivity index (χ0v) is 13.1. The first-order chi connectivity index (χ1) is 9.07. The Balaban J connectivity index is 2.84. The lowest BCUT2D eigenvalue weighted by Crippen LogP contribution is -2.59. The summed E-state index contributed by atoms with van der Waals surface area (Å²) >= 11 is 0. The fourth-order valence-corrected chi connectivity index (χ4v) is 2.49. The van der Waals surface area contributed by atoms with E-state index in [0.29, 0.717) is 13.0 Å². The summed E-state index contributed by atoms with van der Waals surface area (Å²) in [5.74, 6) is -0.763. The molecule has 1 rings (SSSR count). The molecule has 5 nitrogen and oxygen atoms in total. The summed E-state index contributed by atoms with van der Waals surface area (Å²) < 4.78 is 0. The zero-order valence-electron chi connectivity index (χ0n) is 13.1. The highest BCUT2D eigenvalue weighted by Crippen LogP contribution is 2.33. The SMILES string of the molecule is CC(C)(N)C(C)(C)C(=O)N1CCCCC1CCC(=O)O. The van der Waals surface area contributed by atoms with Crippen LogP contribution in [0.5, 0.6) is 0 Å². The Morgan fingerprint density at radius 3 is 2.35 bits per heavy atom. The zero-order chi connectivity index (χ0) is 15.6. The molecule has 3 N–H and O–H groups in total. The second kappa shape index (κ2) is 6.12. The van der Waals surface area contributed by atoms with Crippen LogP contribution in [0.4, 0.5) is 0 Å². The second-order valence-corrected chi connectivity index (χ2v) is 6.93. The number of nitrogens with zero attached hydrogens (tertiary/aromatic N) is 1. The van der Waals surface area contributed by atoms with Crippen molar-refractivity contribution in [1.82, 2.24) is 4.90 Å². The van der Waals surface area contributed by atoms with E-state index in [2.05, 4.69) is 0 Å². The van der Waals surface area contributed by atoms with Crippen LogP contribution in [0.25, 0.3) is 0 Å². The molecule has 0 bridgehead atoms. The number of carbonyl (C=O) groups excluding carboxylic acids is 1. The first kappa shape index (κ1) is 17.0. The molecule has 5 heteroatoms. The van der Waals surface area contributed by atoms with Gasteiger partial charge in [-0.1, -0.05) is 0 Å². The van der Waals surface area contributed by atoms with Gasteiger partial charge in [0.05, 0.1) is 5.41 Å². The predicted molar refractivity (Wildman–Crippen MR) is 78.3 cm³/mol. The van der Waals surface area contributed by atoms with Crippen molar-refractivity contribution in [3.8, 4) is 0 Å². The van der Waals surface area contributed by atoms with Gasteiger partial charge < -0.3 is 15.7 Å². The molecule has 1 amide bonds. The molecular weight excluding hydrogens is 256 g/mol. The number of amides is 1. The molecule has 1 heterocycles. The Hall–Kier alpha value is -1.10. The van der Waals surface area contributed by atoms with Crippen LogP contribution in [0.15, 0.2) is 0 Å². The number of aliphatic carboxylic acids is 1. The predicted octanol–water partition coefficient (Wildman–Crippen LogP) is 2.00. The number of carboxylic acids is 1. The van der Waals surface area contributed by atoms with Crippen molar-refractivity contribution in [3.63, 3.8) is 0 Å². The molecule has 116 valence electrons. The van der Waals surface area contributed by atoms with Gasteiger partial charge in [-0.3, -0.25) is 9.59 Å². The number of carbonyl (C=O) groups is 2. The first-order valence-electron chi connectivity index (χ1n) is 7.39. The average Bonchev–Trinajstić information content (AvgIpc) is 2.34. The van der Waals surface area contributed by atoms with Crippen molar-refractivity contribution >= 4 is 11.9 Å². The van der Waals surface area contributed by atoms with Crippen molar-refractivity contribution in [2.75, 3.05) is 6.54 Å². The Labute approximate surface area is 121 Å². The number of nitrogens with two attached hydrogens (primary N) is 1. The lowest BCUT2D eigenvalue weighted by Gasteiger charge is -2.45. The molecule has 1 aliphatic heterocycles. The van der Waals surface area contributed by atoms with Gasteiger partial charge in [-0.05, 0) is 53.4 Å². The third-order valence-corrected chi connectivity index (χ3v) is 4.72. The van der Waals surface area contributed by atoms with E-state index in [4.69, 9.17) is 10.8 Å². The van der Waals surface area contributed by atoms with Crippen LogP contribution >= 0.6 is 0 Å². The average molecular weight is 284 g/mol. The third-order valence-electron chi connectivity index (χ3n) is 4.72. The molecule has 1 saturated heterocycles. The maximum atomic E-state index is 12.8. The maximum Gasteiger partial charge on any atom is 0.303 e. The first-order valence-corrected chi connectivity index (χ1v) is 7.39. The van der Waals surface area contributed by atoms with E-state index in [1.165, 1.54) is 0 Å². The standard InChI is InChI=1S/C15H28N2O3/c1-14(2,15(3,4)16)13(20)17-10-6-5-7-11(17)8-9-12(18)19/h11H,5-10,16H2,1-4H3,(H,18,19). The molecule has 0 aliphatic carbocycles. The summed E-state index contributed by atoms with van der Waals surface area (Å²) in [5.41, 5.74) is 4.87. The van der Waals surface area contributed by atoms with Gasteiger partial charge in [0.1, 0.15) is 0 Å². The minimum absolute atomic E-state index is 0.0361. The number of hydrogen-bond acceptors (Lipinski definition) is 3. The van der Waals surface area contributed by atoms with Gasteiger partial charge in [0, 0.05) is 24.5 Å². The molecule has 1 unspecified atom stereocenters. The highest BCUT2D eigenvalue weighted by atomic mass is 16.4. The van der Waals surface area contributed by atoms with Crippen molar-refractivity contribution in [2.24, 2.45) is 11.1 Å². The molecule has 0 aromatic heterocycles. The van der Waals surface area contributed by atoms with Crippen LogP contribution in [-0.4, -0.2) is 40.0 Å². The summed E-state index contributed by atoms with van der Waals surface area (Å²) in [6.07, 6.45) is 3.57. The van der Waals surface area contributed by atoms with Crippen LogP contribution in [-0.2, 0) is 9.59 Å². The molecule has 20 heavy (non-hydrogen) atoms. The largest absolute Gasteiger partial charge is 0.481 e. The molecule has 1 aliphatic rings. The van der Waals surface area contributed by atoms with Crippen molar-refractivity contribution in [2.45, 2.75) is 71.4 Å². The Morgan fingerprint density at radius 2 is 1.85 bits per heavy atom. The van der Waals surface area contributed by atoms with Crippen molar-refractivity contribution < 1.29 is 14.7 Å². The number of hydrogen-bond donors (Lipinski definition) is 2. The van der Waals surface area contributed by atoms with Crippen LogP contribution < -0.4 is 5.73 Å². The number of likely N-dealkylation sites (tertiary alicyclic amines) is 1. The second-order valence-electron chi connectivity index (χ2n) is 6.93. The summed E-state index contributed by atoms with van der Waals surface area (Å²) in [5, 5.41) is 8.83. The number of carboxylic acid groups (broad SMARTS) is 1. The van der Waals surface area contributed by atoms with Crippen LogP contribution in [0.3, 0.4) is 0 Å². The van der Waals surface area contributed by atoms with E-state index in [9.17, 15) is 9.59 Å². The normalized spacial score (nSPS) is 20.9. The van der Waals surface area contributed by atoms with Crippen LogP contribution in [0.1, 0.15) is 59.8 Å². The highest BCUT2D eigenvalue weighted by Gasteiger charge is 2.44. The van der Waals surface area contributed by atoms with Gasteiger partial charge >= 0.3 is 5.97 Å². The summed E-state index contributed by atoms with van der Waals surface area (Å²) in [6, 6.07) is 0.0361. The summed E-state index contributed by atoms with van der Waals surface area (Å²) in [4.78, 5) is 25.4. The molecule has 1 atom stereocenters. The van der Waals surface area contributed by atoms with Crippen molar-refractivity contribution in [3.05, 3.63) is 0 Å². The fraction of sp³-hybridized carbons (Fsp3) is 0.867.